The van der Waals surface area contributed by atoms with E-state index in [2.05, 4.69) is 10.1 Å². The Hall–Kier alpha value is -4.52. The van der Waals surface area contributed by atoms with Crippen LogP contribution in [0.2, 0.25) is 0 Å². The fourth-order valence-corrected chi connectivity index (χ4v) is 3.59. The minimum Gasteiger partial charge on any atom is -0.455 e. The van der Waals surface area contributed by atoms with Gasteiger partial charge in [0.2, 0.25) is 0 Å². The zero-order valence-electron chi connectivity index (χ0n) is 17.9. The lowest BCUT2D eigenvalue weighted by molar-refractivity contribution is 0.0468. The minimum atomic E-state index is -0.540. The number of benzene rings is 2. The molecule has 5 aromatic rings. The number of aromatic nitrogens is 4. The number of hydrogen-bond donors (Lipinski definition) is 0. The first kappa shape index (κ1) is 20.4. The Balaban J connectivity index is 1.46. The van der Waals surface area contributed by atoms with Crippen LogP contribution in [0, 0.1) is 6.92 Å². The van der Waals surface area contributed by atoms with Crippen molar-refractivity contribution in [3.8, 4) is 16.9 Å². The van der Waals surface area contributed by atoms with E-state index in [9.17, 15) is 9.59 Å². The summed E-state index contributed by atoms with van der Waals surface area (Å²) in [4.78, 5) is 29.9. The van der Waals surface area contributed by atoms with Gasteiger partial charge in [-0.3, -0.25) is 9.20 Å². The number of hydrogen-bond acceptors (Lipinski definition) is 5. The predicted molar refractivity (Wildman–Crippen MR) is 124 cm³/mol. The van der Waals surface area contributed by atoms with E-state index in [0.717, 1.165) is 16.8 Å². The van der Waals surface area contributed by atoms with Crippen LogP contribution in [0.15, 0.2) is 96.1 Å². The predicted octanol–water partition coefficient (Wildman–Crippen LogP) is 4.21. The maximum atomic E-state index is 13.1. The van der Waals surface area contributed by atoms with E-state index in [0.29, 0.717) is 22.6 Å². The van der Waals surface area contributed by atoms with Gasteiger partial charge in [0.15, 0.2) is 0 Å². The van der Waals surface area contributed by atoms with Crippen molar-refractivity contribution in [1.82, 2.24) is 19.2 Å². The second-order valence-corrected chi connectivity index (χ2v) is 7.63. The molecule has 0 bridgehead atoms. The third-order valence-corrected chi connectivity index (χ3v) is 5.21. The number of esters is 1. The van der Waals surface area contributed by atoms with Crippen LogP contribution in [-0.2, 0) is 11.3 Å². The van der Waals surface area contributed by atoms with Crippen molar-refractivity contribution in [1.29, 1.82) is 0 Å². The summed E-state index contributed by atoms with van der Waals surface area (Å²) in [6.07, 6.45) is 3.38. The molecule has 0 spiro atoms. The van der Waals surface area contributed by atoms with E-state index in [4.69, 9.17) is 4.74 Å². The van der Waals surface area contributed by atoms with Gasteiger partial charge in [-0.2, -0.15) is 5.10 Å². The maximum absolute atomic E-state index is 13.1. The van der Waals surface area contributed by atoms with E-state index in [1.165, 1.54) is 10.5 Å². The van der Waals surface area contributed by atoms with Gasteiger partial charge in [0.25, 0.3) is 5.56 Å². The molecule has 0 saturated heterocycles. The molecule has 3 heterocycles. The van der Waals surface area contributed by atoms with E-state index in [-0.39, 0.29) is 12.2 Å². The normalized spacial score (nSPS) is 10.9. The van der Waals surface area contributed by atoms with Crippen molar-refractivity contribution in [3.05, 3.63) is 118 Å². The molecule has 7 nitrogen and oxygen atoms in total. The summed E-state index contributed by atoms with van der Waals surface area (Å²) < 4.78 is 8.68. The fraction of sp³-hybridized carbons (Fsp3) is 0.0769. The highest BCUT2D eigenvalue weighted by Gasteiger charge is 2.20. The lowest BCUT2D eigenvalue weighted by atomic mass is 10.1. The molecule has 5 rings (SSSR count). The molecule has 0 saturated carbocycles. The van der Waals surface area contributed by atoms with Gasteiger partial charge in [0, 0.05) is 24.0 Å². The van der Waals surface area contributed by atoms with Crippen LogP contribution in [0.1, 0.15) is 21.6 Å². The zero-order chi connectivity index (χ0) is 22.8. The number of rotatable bonds is 5. The highest BCUT2D eigenvalue weighted by atomic mass is 16.5. The summed E-state index contributed by atoms with van der Waals surface area (Å²) in [6.45, 7) is 1.78. The molecule has 0 N–H and O–H groups in total. The number of para-hydroxylation sites is 1. The number of nitrogens with zero attached hydrogens (tertiary/aromatic N) is 4. The van der Waals surface area contributed by atoms with Crippen molar-refractivity contribution in [2.45, 2.75) is 13.5 Å². The molecule has 7 heteroatoms. The SMILES string of the molecule is Cc1ccc2nc(COC(=O)c3cn(-c4ccccc4)nc3-c3ccccc3)cc(=O)n2c1. The number of carbonyl (C=O) groups excluding carboxylic acids is 1. The Labute approximate surface area is 189 Å². The second kappa shape index (κ2) is 8.55. The Morgan fingerprint density at radius 1 is 0.939 bits per heavy atom. The molecule has 0 aliphatic carbocycles. The van der Waals surface area contributed by atoms with Crippen LogP contribution < -0.4 is 5.56 Å². The molecule has 0 amide bonds. The maximum Gasteiger partial charge on any atom is 0.342 e. The summed E-state index contributed by atoms with van der Waals surface area (Å²) in [5.41, 5.74) is 4.09. The average molecular weight is 436 g/mol. The summed E-state index contributed by atoms with van der Waals surface area (Å²) >= 11 is 0. The summed E-state index contributed by atoms with van der Waals surface area (Å²) in [5.74, 6) is -0.540. The van der Waals surface area contributed by atoms with Crippen molar-refractivity contribution in [2.75, 3.05) is 0 Å². The molecule has 3 aromatic heterocycles. The number of aryl methyl sites for hydroxylation is 1. The smallest absolute Gasteiger partial charge is 0.342 e. The van der Waals surface area contributed by atoms with Crippen LogP contribution >= 0.6 is 0 Å². The highest BCUT2D eigenvalue weighted by Crippen LogP contribution is 2.24. The largest absolute Gasteiger partial charge is 0.455 e. The highest BCUT2D eigenvalue weighted by molar-refractivity contribution is 5.96. The Morgan fingerprint density at radius 2 is 1.67 bits per heavy atom. The van der Waals surface area contributed by atoms with Gasteiger partial charge in [-0.1, -0.05) is 54.6 Å². The van der Waals surface area contributed by atoms with E-state index < -0.39 is 5.97 Å². The molecule has 0 aliphatic heterocycles. The number of ether oxygens (including phenoxy) is 1. The molecule has 0 unspecified atom stereocenters. The Morgan fingerprint density at radius 3 is 2.42 bits per heavy atom. The first-order chi connectivity index (χ1) is 16.1. The number of carbonyl (C=O) groups is 1. The molecule has 33 heavy (non-hydrogen) atoms. The topological polar surface area (TPSA) is 78.5 Å². The Bertz CT molecular complexity index is 1510. The van der Waals surface area contributed by atoms with Gasteiger partial charge in [-0.15, -0.1) is 0 Å². The van der Waals surface area contributed by atoms with Gasteiger partial charge < -0.3 is 4.74 Å². The van der Waals surface area contributed by atoms with Crippen LogP contribution in [0.3, 0.4) is 0 Å². The summed E-state index contributed by atoms with van der Waals surface area (Å²) in [7, 11) is 0. The van der Waals surface area contributed by atoms with Gasteiger partial charge in [0.1, 0.15) is 23.5 Å². The van der Waals surface area contributed by atoms with Gasteiger partial charge in [-0.25, -0.2) is 14.5 Å². The third kappa shape index (κ3) is 4.16. The summed E-state index contributed by atoms with van der Waals surface area (Å²) in [6, 6.07) is 24.0. The monoisotopic (exact) mass is 436 g/mol. The first-order valence-electron chi connectivity index (χ1n) is 10.4. The van der Waals surface area contributed by atoms with E-state index in [1.807, 2.05) is 73.7 Å². The number of pyridine rings is 1. The van der Waals surface area contributed by atoms with Crippen molar-refractivity contribution in [3.63, 3.8) is 0 Å². The number of fused-ring (bicyclic) bond motifs is 1. The minimum absolute atomic E-state index is 0.122. The lowest BCUT2D eigenvalue weighted by Crippen LogP contribution is -2.17. The Kier molecular flexibility index (Phi) is 5.28. The van der Waals surface area contributed by atoms with Crippen LogP contribution in [0.4, 0.5) is 0 Å². The lowest BCUT2D eigenvalue weighted by Gasteiger charge is -2.07. The van der Waals surface area contributed by atoms with Gasteiger partial charge in [-0.05, 0) is 30.7 Å². The molecule has 0 fully saturated rings. The molecular weight excluding hydrogens is 416 g/mol. The molecule has 0 radical (unpaired) electrons. The fourth-order valence-electron chi connectivity index (χ4n) is 3.59. The molecule has 0 atom stereocenters. The van der Waals surface area contributed by atoms with E-state index >= 15 is 0 Å². The standard InChI is InChI=1S/C26H20N4O3/c1-18-12-13-23-27-20(14-24(31)29(23)15-18)17-33-26(32)22-16-30(21-10-6-3-7-11-21)28-25(22)19-8-4-2-5-9-19/h2-16H,17H2,1H3. The van der Waals surface area contributed by atoms with Crippen LogP contribution in [-0.4, -0.2) is 25.1 Å². The van der Waals surface area contributed by atoms with E-state index in [1.54, 1.807) is 23.1 Å². The van der Waals surface area contributed by atoms with Crippen molar-refractivity contribution in [2.24, 2.45) is 0 Å². The zero-order valence-corrected chi connectivity index (χ0v) is 17.9. The van der Waals surface area contributed by atoms with Crippen LogP contribution in [0.25, 0.3) is 22.6 Å². The van der Waals surface area contributed by atoms with Gasteiger partial charge >= 0.3 is 5.97 Å². The average Bonchev–Trinajstić information content (AvgIpc) is 3.30. The third-order valence-electron chi connectivity index (χ3n) is 5.21. The second-order valence-electron chi connectivity index (χ2n) is 7.63. The molecule has 0 aliphatic rings. The first-order valence-corrected chi connectivity index (χ1v) is 10.4. The molecular formula is C26H20N4O3. The van der Waals surface area contributed by atoms with Crippen molar-refractivity contribution >= 4 is 11.6 Å². The van der Waals surface area contributed by atoms with Crippen LogP contribution in [0.5, 0.6) is 0 Å². The quantitative estimate of drug-likeness (QED) is 0.386. The summed E-state index contributed by atoms with van der Waals surface area (Å²) in [5, 5.41) is 4.64. The molecule has 162 valence electrons. The molecule has 2 aromatic carbocycles. The van der Waals surface area contributed by atoms with Gasteiger partial charge in [0.05, 0.1) is 11.4 Å². The van der Waals surface area contributed by atoms with Crippen molar-refractivity contribution < 1.29 is 9.53 Å².